The van der Waals surface area contributed by atoms with Crippen molar-refractivity contribution in [3.63, 3.8) is 0 Å². The Labute approximate surface area is 125 Å². The Kier molecular flexibility index (Phi) is 5.12. The molecule has 0 aromatic heterocycles. The highest BCUT2D eigenvalue weighted by molar-refractivity contribution is 7.99. The van der Waals surface area contributed by atoms with E-state index in [9.17, 15) is 8.42 Å². The van der Waals surface area contributed by atoms with E-state index in [0.717, 1.165) is 30.8 Å². The summed E-state index contributed by atoms with van der Waals surface area (Å²) in [6.07, 6.45) is 3.89. The third-order valence-electron chi connectivity index (χ3n) is 3.86. The minimum atomic E-state index is -3.43. The molecule has 4 nitrogen and oxygen atoms in total. The molecule has 0 atom stereocenters. The van der Waals surface area contributed by atoms with Gasteiger partial charge >= 0.3 is 0 Å². The second kappa shape index (κ2) is 6.47. The molecule has 1 fully saturated rings. The van der Waals surface area contributed by atoms with Crippen LogP contribution in [-0.4, -0.2) is 34.3 Å². The van der Waals surface area contributed by atoms with Gasteiger partial charge in [-0.15, -0.1) is 11.8 Å². The van der Waals surface area contributed by atoms with Crippen molar-refractivity contribution in [2.75, 3.05) is 25.9 Å². The lowest BCUT2D eigenvalue weighted by molar-refractivity contribution is 0.232. The fraction of sp³-hybridized carbons (Fsp3) is 0.571. The van der Waals surface area contributed by atoms with Gasteiger partial charge < -0.3 is 5.32 Å². The predicted molar refractivity (Wildman–Crippen MR) is 83.6 cm³/mol. The van der Waals surface area contributed by atoms with Crippen LogP contribution in [0.4, 0.5) is 0 Å². The lowest BCUT2D eigenvalue weighted by Crippen LogP contribution is -2.42. The Balaban J connectivity index is 2.11. The second-order valence-corrected chi connectivity index (χ2v) is 8.12. The van der Waals surface area contributed by atoms with E-state index in [1.807, 2.05) is 18.4 Å². The van der Waals surface area contributed by atoms with Gasteiger partial charge in [-0.3, -0.25) is 0 Å². The van der Waals surface area contributed by atoms with Gasteiger partial charge in [0.25, 0.3) is 0 Å². The van der Waals surface area contributed by atoms with Crippen LogP contribution in [0.3, 0.4) is 0 Å². The molecule has 1 aliphatic rings. The molecule has 112 valence electrons. The lowest BCUT2D eigenvalue weighted by Gasteiger charge is -2.34. The number of thioether (sulfide) groups is 1. The number of sulfonamides is 1. The van der Waals surface area contributed by atoms with Crippen LogP contribution >= 0.6 is 11.8 Å². The quantitative estimate of drug-likeness (QED) is 0.817. The highest BCUT2D eigenvalue weighted by Crippen LogP contribution is 2.28. The third-order valence-corrected chi connectivity index (χ3v) is 6.24. The summed E-state index contributed by atoms with van der Waals surface area (Å²) in [5, 5.41) is 3.31. The summed E-state index contributed by atoms with van der Waals surface area (Å²) in [7, 11) is -3.43. The first-order valence-electron chi connectivity index (χ1n) is 6.80. The van der Waals surface area contributed by atoms with E-state index in [-0.39, 0.29) is 5.41 Å². The number of benzene rings is 1. The van der Waals surface area contributed by atoms with Gasteiger partial charge in [-0.1, -0.05) is 19.1 Å². The van der Waals surface area contributed by atoms with Gasteiger partial charge in [0.05, 0.1) is 4.90 Å². The van der Waals surface area contributed by atoms with Gasteiger partial charge in [-0.25, -0.2) is 13.1 Å². The third kappa shape index (κ3) is 3.75. The van der Waals surface area contributed by atoms with Crippen molar-refractivity contribution < 1.29 is 8.42 Å². The normalized spacial score (nSPS) is 18.9. The number of piperidine rings is 1. The molecule has 1 saturated heterocycles. The van der Waals surface area contributed by atoms with Crippen LogP contribution in [-0.2, 0) is 10.0 Å². The Morgan fingerprint density at radius 3 is 2.60 bits per heavy atom. The molecule has 1 aromatic rings. The van der Waals surface area contributed by atoms with Crippen molar-refractivity contribution in [1.29, 1.82) is 0 Å². The maximum absolute atomic E-state index is 12.5. The number of hydrogen-bond donors (Lipinski definition) is 2. The molecule has 6 heteroatoms. The zero-order chi connectivity index (χ0) is 14.6. The van der Waals surface area contributed by atoms with Crippen LogP contribution in [0, 0.1) is 5.41 Å². The molecular weight excluding hydrogens is 292 g/mol. The monoisotopic (exact) mass is 314 g/mol. The second-order valence-electron chi connectivity index (χ2n) is 5.54. The largest absolute Gasteiger partial charge is 0.317 e. The summed E-state index contributed by atoms with van der Waals surface area (Å²) >= 11 is 1.45. The molecule has 20 heavy (non-hydrogen) atoms. The Bertz CT molecular complexity index is 552. The summed E-state index contributed by atoms with van der Waals surface area (Å²) < 4.78 is 27.7. The zero-order valence-corrected chi connectivity index (χ0v) is 13.6. The molecule has 0 radical (unpaired) electrons. The molecule has 1 aromatic carbocycles. The lowest BCUT2D eigenvalue weighted by atomic mass is 9.81. The van der Waals surface area contributed by atoms with E-state index in [2.05, 4.69) is 17.0 Å². The summed E-state index contributed by atoms with van der Waals surface area (Å²) in [4.78, 5) is 1.17. The van der Waals surface area contributed by atoms with Gasteiger partial charge in [0.1, 0.15) is 0 Å². The molecule has 0 aliphatic carbocycles. The molecule has 2 rings (SSSR count). The van der Waals surface area contributed by atoms with Crippen LogP contribution in [0.25, 0.3) is 0 Å². The van der Waals surface area contributed by atoms with Gasteiger partial charge in [-0.05, 0) is 49.7 Å². The predicted octanol–water partition coefficient (Wildman–Crippen LogP) is 2.08. The van der Waals surface area contributed by atoms with E-state index in [4.69, 9.17) is 0 Å². The molecule has 2 N–H and O–H groups in total. The van der Waals surface area contributed by atoms with Crippen LogP contribution in [0.5, 0.6) is 0 Å². The van der Waals surface area contributed by atoms with E-state index < -0.39 is 10.0 Å². The molecule has 0 spiro atoms. The molecule has 0 saturated carbocycles. The highest BCUT2D eigenvalue weighted by Gasteiger charge is 2.29. The Morgan fingerprint density at radius 2 is 1.95 bits per heavy atom. The topological polar surface area (TPSA) is 58.2 Å². The van der Waals surface area contributed by atoms with Crippen LogP contribution < -0.4 is 10.0 Å². The summed E-state index contributed by atoms with van der Waals surface area (Å²) in [6, 6.07) is 7.13. The number of rotatable bonds is 5. The SMILES string of the molecule is CSc1ccccc1S(=O)(=O)NCC1(C)CCNCC1. The van der Waals surface area contributed by atoms with Crippen molar-refractivity contribution >= 4 is 21.8 Å². The number of hydrogen-bond acceptors (Lipinski definition) is 4. The van der Waals surface area contributed by atoms with Crippen molar-refractivity contribution in [1.82, 2.24) is 10.0 Å². The van der Waals surface area contributed by atoms with Crippen LogP contribution in [0.1, 0.15) is 19.8 Å². The molecule has 1 aliphatic heterocycles. The maximum atomic E-state index is 12.5. The summed E-state index contributed by atoms with van der Waals surface area (Å²) in [6.45, 7) is 4.57. The van der Waals surface area contributed by atoms with Crippen molar-refractivity contribution in [3.05, 3.63) is 24.3 Å². The average molecular weight is 314 g/mol. The molecule has 1 heterocycles. The van der Waals surface area contributed by atoms with Crippen molar-refractivity contribution in [2.24, 2.45) is 5.41 Å². The summed E-state index contributed by atoms with van der Waals surface area (Å²) in [5.41, 5.74) is 0.0482. The van der Waals surface area contributed by atoms with E-state index in [0.29, 0.717) is 11.4 Å². The van der Waals surface area contributed by atoms with E-state index in [1.54, 1.807) is 12.1 Å². The average Bonchev–Trinajstić information content (AvgIpc) is 2.46. The molecular formula is C14H22N2O2S2. The zero-order valence-electron chi connectivity index (χ0n) is 12.0. The fourth-order valence-electron chi connectivity index (χ4n) is 2.39. The van der Waals surface area contributed by atoms with Crippen LogP contribution in [0.2, 0.25) is 0 Å². The first-order chi connectivity index (χ1) is 9.47. The number of nitrogens with one attached hydrogen (secondary N) is 2. The Morgan fingerprint density at radius 1 is 1.30 bits per heavy atom. The smallest absolute Gasteiger partial charge is 0.241 e. The fourth-order valence-corrected chi connectivity index (χ4v) is 4.74. The van der Waals surface area contributed by atoms with Crippen molar-refractivity contribution in [3.8, 4) is 0 Å². The Hall–Kier alpha value is -0.560. The van der Waals surface area contributed by atoms with E-state index in [1.165, 1.54) is 11.8 Å². The van der Waals surface area contributed by atoms with Gasteiger partial charge in [0.2, 0.25) is 10.0 Å². The first kappa shape index (κ1) is 15.8. The molecule has 0 bridgehead atoms. The van der Waals surface area contributed by atoms with E-state index >= 15 is 0 Å². The highest BCUT2D eigenvalue weighted by atomic mass is 32.2. The molecule has 0 amide bonds. The van der Waals surface area contributed by atoms with Gasteiger partial charge in [-0.2, -0.15) is 0 Å². The minimum Gasteiger partial charge on any atom is -0.317 e. The molecule has 0 unspecified atom stereocenters. The standard InChI is InChI=1S/C14H22N2O2S2/c1-14(7-9-15-10-8-14)11-16-20(17,18)13-6-4-3-5-12(13)19-2/h3-6,15-16H,7-11H2,1-2H3. The van der Waals surface area contributed by atoms with Gasteiger partial charge in [0, 0.05) is 11.4 Å². The summed E-state index contributed by atoms with van der Waals surface area (Å²) in [5.74, 6) is 0. The maximum Gasteiger partial charge on any atom is 0.241 e. The van der Waals surface area contributed by atoms with Crippen LogP contribution in [0.15, 0.2) is 34.1 Å². The first-order valence-corrected chi connectivity index (χ1v) is 9.51. The minimum absolute atomic E-state index is 0.0482. The van der Waals surface area contributed by atoms with Crippen molar-refractivity contribution in [2.45, 2.75) is 29.6 Å². The van der Waals surface area contributed by atoms with Gasteiger partial charge in [0.15, 0.2) is 0 Å².